The van der Waals surface area contributed by atoms with Crippen LogP contribution in [0.2, 0.25) is 0 Å². The number of rotatable bonds is 15. The van der Waals surface area contributed by atoms with Crippen molar-refractivity contribution in [2.45, 2.75) is 47.6 Å². The first-order valence-electron chi connectivity index (χ1n) is 13.9. The number of aliphatic carboxylic acids is 2. The average Bonchev–Trinajstić information content (AvgIpc) is 3.00. The summed E-state index contributed by atoms with van der Waals surface area (Å²) >= 11 is 0. The van der Waals surface area contributed by atoms with Crippen molar-refractivity contribution in [3.63, 3.8) is 0 Å². The molecule has 4 N–H and O–H groups in total. The minimum absolute atomic E-state index is 0.222. The third-order valence-electron chi connectivity index (χ3n) is 6.65. The van der Waals surface area contributed by atoms with Gasteiger partial charge in [0.05, 0.1) is 24.0 Å². The first-order chi connectivity index (χ1) is 21.3. The normalized spacial score (nSPS) is 12.1. The number of carbonyl (C=O) groups excluding carboxylic acids is 2. The summed E-state index contributed by atoms with van der Waals surface area (Å²) in [5.74, 6) is -2.79. The fourth-order valence-electron chi connectivity index (χ4n) is 4.64. The van der Waals surface area contributed by atoms with E-state index in [1.165, 1.54) is 21.6 Å². The molecule has 4 aromatic carbocycles. The lowest BCUT2D eigenvalue weighted by molar-refractivity contribution is -0.138. The van der Waals surface area contributed by atoms with Crippen LogP contribution in [0.3, 0.4) is 0 Å². The molecule has 0 unspecified atom stereocenters. The second-order valence-corrected chi connectivity index (χ2v) is 12.3. The lowest BCUT2D eigenvalue weighted by atomic mass is 10.0. The number of nitrogens with one attached hydrogen (secondary N) is 2. The Hall–Kier alpha value is -4.54. The second kappa shape index (κ2) is 16.3. The van der Waals surface area contributed by atoms with E-state index in [1.807, 2.05) is 60.7 Å². The van der Waals surface area contributed by atoms with Crippen LogP contribution in [0, 0.1) is 0 Å². The van der Waals surface area contributed by atoms with Crippen molar-refractivity contribution in [1.29, 1.82) is 0 Å². The molecule has 4 aromatic rings. The largest absolute Gasteiger partial charge is 0.481 e. The second-order valence-electron chi connectivity index (χ2n) is 10.1. The number of carboxylic acid groups (broad SMARTS) is 2. The molecule has 0 aliphatic heterocycles. The van der Waals surface area contributed by atoms with Gasteiger partial charge in [-0.2, -0.15) is 0 Å². The Morgan fingerprint density at radius 2 is 0.864 bits per heavy atom. The van der Waals surface area contributed by atoms with E-state index in [-0.39, 0.29) is 24.7 Å². The molecule has 0 heterocycles. The zero-order valence-electron chi connectivity index (χ0n) is 23.7. The number of carbonyl (C=O) groups is 4. The smallest absolute Gasteiger partial charge is 0.305 e. The molecular weight excluding hydrogens is 597 g/mol. The van der Waals surface area contributed by atoms with Gasteiger partial charge in [-0.1, -0.05) is 107 Å². The number of hydrogen-bond acceptors (Lipinski definition) is 6. The Morgan fingerprint density at radius 3 is 1.23 bits per heavy atom. The van der Waals surface area contributed by atoms with Crippen LogP contribution in [-0.4, -0.2) is 46.0 Å². The highest BCUT2D eigenvalue weighted by molar-refractivity contribution is 8.76. The van der Waals surface area contributed by atoms with Crippen molar-refractivity contribution >= 4 is 45.3 Å². The van der Waals surface area contributed by atoms with E-state index in [9.17, 15) is 29.4 Å². The number of hydrogen-bond donors (Lipinski definition) is 4. The van der Waals surface area contributed by atoms with Gasteiger partial charge in [0.2, 0.25) is 0 Å². The van der Waals surface area contributed by atoms with Crippen molar-refractivity contribution < 1.29 is 29.4 Å². The van der Waals surface area contributed by atoms with Gasteiger partial charge in [0.25, 0.3) is 11.8 Å². The Balaban J connectivity index is 1.46. The van der Waals surface area contributed by atoms with Gasteiger partial charge in [-0.3, -0.25) is 19.2 Å². The van der Waals surface area contributed by atoms with Gasteiger partial charge in [-0.05, 0) is 48.2 Å². The summed E-state index contributed by atoms with van der Waals surface area (Å²) in [5, 5.41) is 24.6. The maximum Gasteiger partial charge on any atom is 0.305 e. The third kappa shape index (κ3) is 10.0. The molecule has 0 saturated carbocycles. The van der Waals surface area contributed by atoms with Gasteiger partial charge in [0.1, 0.15) is 0 Å². The summed E-state index contributed by atoms with van der Waals surface area (Å²) in [5.41, 5.74) is 2.61. The minimum Gasteiger partial charge on any atom is -0.481 e. The zero-order valence-corrected chi connectivity index (χ0v) is 25.4. The van der Waals surface area contributed by atoms with Gasteiger partial charge in [0, 0.05) is 21.9 Å². The Kier molecular flexibility index (Phi) is 12.0. The van der Waals surface area contributed by atoms with E-state index in [0.717, 1.165) is 11.1 Å². The monoisotopic (exact) mass is 628 g/mol. The fraction of sp³-hybridized carbons (Fsp3) is 0.176. The van der Waals surface area contributed by atoms with Crippen molar-refractivity contribution in [3.05, 3.63) is 131 Å². The summed E-state index contributed by atoms with van der Waals surface area (Å²) in [7, 11) is 2.61. The van der Waals surface area contributed by atoms with Crippen molar-refractivity contribution in [3.8, 4) is 0 Å². The Morgan fingerprint density at radius 1 is 0.523 bits per heavy atom. The maximum absolute atomic E-state index is 13.4. The van der Waals surface area contributed by atoms with E-state index < -0.39 is 24.0 Å². The van der Waals surface area contributed by atoms with Crippen LogP contribution in [0.1, 0.15) is 44.7 Å². The first-order valence-corrected chi connectivity index (χ1v) is 16.1. The molecular formula is C34H32N2O6S2. The number of carboxylic acids is 2. The lowest BCUT2D eigenvalue weighted by Crippen LogP contribution is -2.38. The van der Waals surface area contributed by atoms with Crippen molar-refractivity contribution in [1.82, 2.24) is 10.6 Å². The van der Waals surface area contributed by atoms with Crippen LogP contribution in [-0.2, 0) is 22.4 Å². The van der Waals surface area contributed by atoms with Crippen LogP contribution in [0.15, 0.2) is 119 Å². The molecule has 2 amide bonds. The van der Waals surface area contributed by atoms with Crippen LogP contribution in [0.5, 0.6) is 0 Å². The van der Waals surface area contributed by atoms with Crippen molar-refractivity contribution in [2.75, 3.05) is 0 Å². The molecule has 44 heavy (non-hydrogen) atoms. The molecule has 0 aliphatic carbocycles. The quantitative estimate of drug-likeness (QED) is 0.116. The van der Waals surface area contributed by atoms with Gasteiger partial charge in [0.15, 0.2) is 0 Å². The van der Waals surface area contributed by atoms with E-state index in [4.69, 9.17) is 0 Å². The molecule has 0 radical (unpaired) electrons. The summed E-state index contributed by atoms with van der Waals surface area (Å²) in [6, 6.07) is 31.6. The molecule has 0 fully saturated rings. The van der Waals surface area contributed by atoms with Crippen LogP contribution < -0.4 is 10.6 Å². The summed E-state index contributed by atoms with van der Waals surface area (Å²) in [6.45, 7) is 0. The predicted octanol–water partition coefficient (Wildman–Crippen LogP) is 6.12. The SMILES string of the molecule is O=C(O)C[C@H](Cc1ccccc1)NC(=O)c1ccccc1SSc1ccccc1C(=O)N[C@H](CC(=O)O)Cc1ccccc1. The number of amides is 2. The summed E-state index contributed by atoms with van der Waals surface area (Å²) in [6.07, 6.45) is 0.303. The van der Waals surface area contributed by atoms with Gasteiger partial charge < -0.3 is 20.8 Å². The molecule has 8 nitrogen and oxygen atoms in total. The highest BCUT2D eigenvalue weighted by Crippen LogP contribution is 2.40. The Labute approximate surface area is 263 Å². The molecule has 0 bridgehead atoms. The maximum atomic E-state index is 13.4. The van der Waals surface area contributed by atoms with Crippen molar-refractivity contribution in [2.24, 2.45) is 0 Å². The molecule has 2 atom stereocenters. The van der Waals surface area contributed by atoms with E-state index in [2.05, 4.69) is 10.6 Å². The summed E-state index contributed by atoms with van der Waals surface area (Å²) < 4.78 is 0. The number of benzene rings is 4. The molecule has 0 spiro atoms. The van der Waals surface area contributed by atoms with Crippen LogP contribution in [0.4, 0.5) is 0 Å². The highest BCUT2D eigenvalue weighted by atomic mass is 33.1. The van der Waals surface area contributed by atoms with Crippen LogP contribution in [0.25, 0.3) is 0 Å². The van der Waals surface area contributed by atoms with Gasteiger partial charge >= 0.3 is 11.9 Å². The minimum atomic E-state index is -1.01. The molecule has 4 rings (SSSR count). The molecule has 226 valence electrons. The molecule has 0 aromatic heterocycles. The topological polar surface area (TPSA) is 133 Å². The third-order valence-corrected chi connectivity index (χ3v) is 9.13. The lowest BCUT2D eigenvalue weighted by Gasteiger charge is -2.19. The Bertz CT molecular complexity index is 1460. The standard InChI is InChI=1S/C34H32N2O6S2/c37-31(38)21-25(19-23-11-3-1-4-12-23)35-33(41)27-15-7-9-17-29(27)43-44-30-18-10-8-16-28(30)34(42)36-26(22-32(39)40)20-24-13-5-2-6-14-24/h1-18,25-26H,19-22H2,(H,35,41)(H,36,42)(H,37,38)(H,39,40)/t25-,26-/m0/s1. The fourth-order valence-corrected chi connectivity index (χ4v) is 7.00. The molecule has 0 aliphatic rings. The molecule has 10 heteroatoms. The summed E-state index contributed by atoms with van der Waals surface area (Å²) in [4.78, 5) is 51.0. The van der Waals surface area contributed by atoms with E-state index >= 15 is 0 Å². The zero-order chi connectivity index (χ0) is 31.3. The highest BCUT2D eigenvalue weighted by Gasteiger charge is 2.22. The van der Waals surface area contributed by atoms with Gasteiger partial charge in [-0.15, -0.1) is 0 Å². The van der Waals surface area contributed by atoms with Crippen LogP contribution >= 0.6 is 21.6 Å². The van der Waals surface area contributed by atoms with Gasteiger partial charge in [-0.25, -0.2) is 0 Å². The van der Waals surface area contributed by atoms with E-state index in [1.54, 1.807) is 48.5 Å². The molecule has 0 saturated heterocycles. The van der Waals surface area contributed by atoms with E-state index in [0.29, 0.717) is 33.8 Å². The first kappa shape index (κ1) is 32.4. The average molecular weight is 629 g/mol. The predicted molar refractivity (Wildman–Crippen MR) is 172 cm³/mol.